The summed E-state index contributed by atoms with van der Waals surface area (Å²) in [6.07, 6.45) is -0.494. The number of aliphatic carboxylic acids is 1. The fourth-order valence-corrected chi connectivity index (χ4v) is 3.22. The molecule has 9 nitrogen and oxygen atoms in total. The lowest BCUT2D eigenvalue weighted by Crippen LogP contribution is -2.30. The number of phosphoric ester groups is 1. The quantitative estimate of drug-likeness (QED) is 0.474. The Bertz CT molecular complexity index is 475. The fraction of sp³-hybridized carbons (Fsp3) is 0.867. The molecule has 0 spiro atoms. The Labute approximate surface area is 149 Å². The Morgan fingerprint density at radius 2 is 1.52 bits per heavy atom. The number of amides is 1. The van der Waals surface area contributed by atoms with Gasteiger partial charge in [0.15, 0.2) is 0 Å². The predicted molar refractivity (Wildman–Crippen MR) is 91.2 cm³/mol. The van der Waals surface area contributed by atoms with Crippen LogP contribution in [0.5, 0.6) is 0 Å². The second kappa shape index (κ2) is 9.52. The monoisotopic (exact) mass is 383 g/mol. The number of nitrogens with zero attached hydrogens (tertiary/aromatic N) is 1. The average molecular weight is 383 g/mol. The molecule has 0 aromatic rings. The Balaban J connectivity index is 4.57. The first kappa shape index (κ1) is 23.9. The van der Waals surface area contributed by atoms with Gasteiger partial charge in [0, 0.05) is 20.0 Å². The summed E-state index contributed by atoms with van der Waals surface area (Å²) in [6, 6.07) is 0. The van der Waals surface area contributed by atoms with E-state index in [-0.39, 0.29) is 13.0 Å². The van der Waals surface area contributed by atoms with Gasteiger partial charge in [0.25, 0.3) is 0 Å². The standard InChI is InChI=1S/C15H30NO8P/c1-14(2,3)23-25(20,24-15(4,5)6)22-11-21-13(19)16(7)10-8-9-12(17)18/h8-11H2,1-7H3,(H,17,18). The molecule has 0 unspecified atom stereocenters. The highest BCUT2D eigenvalue weighted by atomic mass is 31.2. The number of phosphoric acid groups is 1. The second-order valence-electron chi connectivity index (χ2n) is 7.43. The van der Waals surface area contributed by atoms with Crippen LogP contribution >= 0.6 is 7.82 Å². The number of carbonyl (C=O) groups excluding carboxylic acids is 1. The van der Waals surface area contributed by atoms with Crippen molar-refractivity contribution in [1.29, 1.82) is 0 Å². The van der Waals surface area contributed by atoms with Gasteiger partial charge in [0.2, 0.25) is 6.79 Å². The van der Waals surface area contributed by atoms with E-state index in [2.05, 4.69) is 0 Å². The topological polar surface area (TPSA) is 112 Å². The van der Waals surface area contributed by atoms with E-state index in [4.69, 9.17) is 23.4 Å². The minimum absolute atomic E-state index is 0.0534. The minimum atomic E-state index is -3.96. The molecule has 1 N–H and O–H groups in total. The highest BCUT2D eigenvalue weighted by Gasteiger charge is 2.37. The van der Waals surface area contributed by atoms with E-state index < -0.39 is 37.9 Å². The van der Waals surface area contributed by atoms with Gasteiger partial charge in [0.05, 0.1) is 11.2 Å². The van der Waals surface area contributed by atoms with Crippen molar-refractivity contribution in [2.24, 2.45) is 0 Å². The predicted octanol–water partition coefficient (Wildman–Crippen LogP) is 3.63. The minimum Gasteiger partial charge on any atom is -0.481 e. The highest BCUT2D eigenvalue weighted by molar-refractivity contribution is 7.48. The third kappa shape index (κ3) is 12.8. The molecule has 0 aliphatic heterocycles. The number of rotatable bonds is 9. The molecular formula is C15H30NO8P. The van der Waals surface area contributed by atoms with Crippen molar-refractivity contribution in [3.05, 3.63) is 0 Å². The second-order valence-corrected chi connectivity index (χ2v) is 8.95. The van der Waals surface area contributed by atoms with Crippen LogP contribution in [0.1, 0.15) is 54.4 Å². The summed E-state index contributed by atoms with van der Waals surface area (Å²) in [5, 5.41) is 8.57. The molecule has 10 heteroatoms. The lowest BCUT2D eigenvalue weighted by Gasteiger charge is -2.30. The first-order valence-corrected chi connectivity index (χ1v) is 9.35. The van der Waals surface area contributed by atoms with Crippen LogP contribution < -0.4 is 0 Å². The number of hydrogen-bond acceptors (Lipinski definition) is 7. The molecule has 0 saturated heterocycles. The normalized spacial score (nSPS) is 12.8. The lowest BCUT2D eigenvalue weighted by atomic mass is 10.2. The van der Waals surface area contributed by atoms with Crippen LogP contribution in [-0.4, -0.2) is 53.7 Å². The lowest BCUT2D eigenvalue weighted by molar-refractivity contribution is -0.137. The van der Waals surface area contributed by atoms with Crippen LogP contribution in [0, 0.1) is 0 Å². The van der Waals surface area contributed by atoms with Gasteiger partial charge in [-0.25, -0.2) is 13.9 Å². The first-order valence-electron chi connectivity index (χ1n) is 7.89. The summed E-state index contributed by atoms with van der Waals surface area (Å²) >= 11 is 0. The maximum atomic E-state index is 12.7. The molecule has 0 heterocycles. The Morgan fingerprint density at radius 3 is 1.92 bits per heavy atom. The zero-order chi connectivity index (χ0) is 19.9. The zero-order valence-corrected chi connectivity index (χ0v) is 16.9. The smallest absolute Gasteiger partial charge is 0.478 e. The molecule has 0 bridgehead atoms. The number of hydrogen-bond donors (Lipinski definition) is 1. The zero-order valence-electron chi connectivity index (χ0n) is 16.0. The number of carboxylic acid groups (broad SMARTS) is 1. The summed E-state index contributed by atoms with van der Waals surface area (Å²) < 4.78 is 33.4. The molecule has 0 fully saturated rings. The molecule has 1 amide bonds. The molecule has 0 rings (SSSR count). The van der Waals surface area contributed by atoms with Crippen LogP contribution in [0.3, 0.4) is 0 Å². The molecule has 0 aliphatic rings. The van der Waals surface area contributed by atoms with E-state index in [9.17, 15) is 14.2 Å². The van der Waals surface area contributed by atoms with Gasteiger partial charge in [-0.1, -0.05) is 0 Å². The molecular weight excluding hydrogens is 353 g/mol. The van der Waals surface area contributed by atoms with Gasteiger partial charge in [0.1, 0.15) is 0 Å². The maximum absolute atomic E-state index is 12.7. The van der Waals surface area contributed by atoms with E-state index >= 15 is 0 Å². The number of carbonyl (C=O) groups is 2. The van der Waals surface area contributed by atoms with Crippen molar-refractivity contribution in [2.75, 3.05) is 20.4 Å². The van der Waals surface area contributed by atoms with E-state index in [0.29, 0.717) is 6.42 Å². The van der Waals surface area contributed by atoms with Gasteiger partial charge >= 0.3 is 19.9 Å². The third-order valence-corrected chi connectivity index (χ3v) is 4.32. The third-order valence-electron chi connectivity index (χ3n) is 2.36. The largest absolute Gasteiger partial charge is 0.481 e. The molecule has 0 aliphatic carbocycles. The van der Waals surface area contributed by atoms with Crippen molar-refractivity contribution in [2.45, 2.75) is 65.6 Å². The highest BCUT2D eigenvalue weighted by Crippen LogP contribution is 2.55. The Kier molecular flexibility index (Phi) is 9.08. The van der Waals surface area contributed by atoms with Crippen molar-refractivity contribution in [1.82, 2.24) is 4.90 Å². The van der Waals surface area contributed by atoms with Gasteiger partial charge in [-0.15, -0.1) is 0 Å². The fourth-order valence-electron chi connectivity index (χ4n) is 1.55. The van der Waals surface area contributed by atoms with Crippen molar-refractivity contribution >= 4 is 19.9 Å². The SMILES string of the molecule is CN(CCCC(=O)O)C(=O)OCOP(=O)(OC(C)(C)C)OC(C)(C)C. The van der Waals surface area contributed by atoms with Gasteiger partial charge in [-0.2, -0.15) is 0 Å². The summed E-state index contributed by atoms with van der Waals surface area (Å²) in [5.41, 5.74) is -1.59. The van der Waals surface area contributed by atoms with Crippen LogP contribution in [0.4, 0.5) is 4.79 Å². The van der Waals surface area contributed by atoms with E-state index in [0.717, 1.165) is 0 Å². The van der Waals surface area contributed by atoms with E-state index in [1.54, 1.807) is 41.5 Å². The van der Waals surface area contributed by atoms with E-state index in [1.165, 1.54) is 11.9 Å². The molecule has 25 heavy (non-hydrogen) atoms. The Morgan fingerprint density at radius 1 is 1.04 bits per heavy atom. The molecule has 148 valence electrons. The summed E-state index contributed by atoms with van der Waals surface area (Å²) in [6.45, 7) is 9.74. The number of carboxylic acids is 1. The molecule has 0 aromatic heterocycles. The van der Waals surface area contributed by atoms with Crippen LogP contribution in [0.25, 0.3) is 0 Å². The summed E-state index contributed by atoms with van der Waals surface area (Å²) in [7, 11) is -2.50. The van der Waals surface area contributed by atoms with E-state index in [1.807, 2.05) is 0 Å². The van der Waals surface area contributed by atoms with Crippen molar-refractivity contribution < 1.29 is 37.6 Å². The van der Waals surface area contributed by atoms with Gasteiger partial charge in [-0.3, -0.25) is 13.8 Å². The van der Waals surface area contributed by atoms with Gasteiger partial charge in [-0.05, 0) is 48.0 Å². The molecule has 0 atom stereocenters. The van der Waals surface area contributed by atoms with Crippen LogP contribution in [-0.2, 0) is 27.7 Å². The first-order chi connectivity index (χ1) is 11.1. The Hall–Kier alpha value is -1.15. The van der Waals surface area contributed by atoms with Crippen molar-refractivity contribution in [3.8, 4) is 0 Å². The molecule has 0 radical (unpaired) electrons. The van der Waals surface area contributed by atoms with Crippen LogP contribution in [0.15, 0.2) is 0 Å². The average Bonchev–Trinajstić information content (AvgIpc) is 2.32. The number of ether oxygens (including phenoxy) is 1. The summed E-state index contributed by atoms with van der Waals surface area (Å²) in [4.78, 5) is 23.4. The maximum Gasteiger partial charge on any atom is 0.478 e. The van der Waals surface area contributed by atoms with Crippen LogP contribution in [0.2, 0.25) is 0 Å². The van der Waals surface area contributed by atoms with Gasteiger partial charge < -0.3 is 14.7 Å². The van der Waals surface area contributed by atoms with Crippen molar-refractivity contribution in [3.63, 3.8) is 0 Å². The molecule has 0 saturated carbocycles. The molecule has 0 aromatic carbocycles. The summed E-state index contributed by atoms with van der Waals surface area (Å²) in [5.74, 6) is -0.940.